The smallest absolute Gasteiger partial charge is 0.151 e. The molecule has 0 spiro atoms. The number of rotatable bonds is 3. The Hall–Kier alpha value is -0.900. The van der Waals surface area contributed by atoms with Crippen LogP contribution >= 0.6 is 11.3 Å². The van der Waals surface area contributed by atoms with Gasteiger partial charge in [0.15, 0.2) is 9.84 Å². The summed E-state index contributed by atoms with van der Waals surface area (Å²) in [6, 6.07) is 5.84. The Morgan fingerprint density at radius 3 is 2.94 bits per heavy atom. The summed E-state index contributed by atoms with van der Waals surface area (Å²) in [7, 11) is -2.81. The molecule has 1 saturated heterocycles. The highest BCUT2D eigenvalue weighted by molar-refractivity contribution is 7.91. The molecule has 2 heterocycles. The molecule has 1 aromatic rings. The molecule has 0 amide bonds. The van der Waals surface area contributed by atoms with Gasteiger partial charge >= 0.3 is 0 Å². The number of hydrogen-bond donors (Lipinski definition) is 1. The van der Waals surface area contributed by atoms with E-state index in [2.05, 4.69) is 11.4 Å². The maximum atomic E-state index is 11.2. The molecule has 0 bridgehead atoms. The fourth-order valence-electron chi connectivity index (χ4n) is 1.73. The molecule has 16 heavy (non-hydrogen) atoms. The Morgan fingerprint density at radius 1 is 1.56 bits per heavy atom. The van der Waals surface area contributed by atoms with Gasteiger partial charge in [-0.2, -0.15) is 5.26 Å². The fraction of sp³-hybridized carbons (Fsp3) is 0.500. The van der Waals surface area contributed by atoms with E-state index >= 15 is 0 Å². The molecule has 1 fully saturated rings. The largest absolute Gasteiger partial charge is 0.308 e. The molecule has 0 aliphatic carbocycles. The number of nitrogens with zero attached hydrogens (tertiary/aromatic N) is 1. The second-order valence-corrected chi connectivity index (χ2v) is 7.26. The van der Waals surface area contributed by atoms with Gasteiger partial charge in [-0.3, -0.25) is 0 Å². The van der Waals surface area contributed by atoms with E-state index in [9.17, 15) is 8.42 Å². The first-order chi connectivity index (χ1) is 7.59. The summed E-state index contributed by atoms with van der Waals surface area (Å²) in [6.07, 6.45) is 0.693. The molecule has 86 valence electrons. The lowest BCUT2D eigenvalue weighted by Gasteiger charge is -2.08. The number of sulfone groups is 1. The van der Waals surface area contributed by atoms with Crippen molar-refractivity contribution in [3.05, 3.63) is 21.9 Å². The number of hydrogen-bond acceptors (Lipinski definition) is 5. The van der Waals surface area contributed by atoms with E-state index in [1.807, 2.05) is 6.07 Å². The van der Waals surface area contributed by atoms with E-state index in [1.54, 1.807) is 6.07 Å². The summed E-state index contributed by atoms with van der Waals surface area (Å²) < 4.78 is 22.4. The minimum atomic E-state index is -2.81. The van der Waals surface area contributed by atoms with Crippen LogP contribution in [-0.4, -0.2) is 26.0 Å². The highest BCUT2D eigenvalue weighted by Gasteiger charge is 2.27. The molecule has 1 N–H and O–H groups in total. The summed E-state index contributed by atoms with van der Waals surface area (Å²) in [5.74, 6) is 0.530. The van der Waals surface area contributed by atoms with Gasteiger partial charge in [-0.25, -0.2) is 8.42 Å². The average Bonchev–Trinajstić information content (AvgIpc) is 2.81. The standard InChI is InChI=1S/C10H12N2O2S2/c11-5-9-1-2-10(15-9)6-12-8-3-4-16(13,14)7-8/h1-2,8,12H,3-4,6-7H2. The van der Waals surface area contributed by atoms with Gasteiger partial charge < -0.3 is 5.32 Å². The average molecular weight is 256 g/mol. The van der Waals surface area contributed by atoms with Crippen molar-refractivity contribution in [2.45, 2.75) is 19.0 Å². The van der Waals surface area contributed by atoms with Gasteiger partial charge in [0.2, 0.25) is 0 Å². The highest BCUT2D eigenvalue weighted by Crippen LogP contribution is 2.17. The van der Waals surface area contributed by atoms with Crippen molar-refractivity contribution in [1.82, 2.24) is 5.32 Å². The summed E-state index contributed by atoms with van der Waals surface area (Å²) >= 11 is 1.44. The minimum Gasteiger partial charge on any atom is -0.308 e. The molecule has 6 heteroatoms. The third kappa shape index (κ3) is 2.82. The Bertz CT molecular complexity index is 513. The first kappa shape index (κ1) is 11.6. The molecule has 1 aliphatic rings. The van der Waals surface area contributed by atoms with Gasteiger partial charge in [-0.1, -0.05) is 0 Å². The third-order valence-corrected chi connectivity index (χ3v) is 5.33. The zero-order chi connectivity index (χ0) is 11.6. The van der Waals surface area contributed by atoms with Gasteiger partial charge in [0.1, 0.15) is 10.9 Å². The van der Waals surface area contributed by atoms with E-state index < -0.39 is 9.84 Å². The maximum absolute atomic E-state index is 11.2. The van der Waals surface area contributed by atoms with Crippen LogP contribution in [0.15, 0.2) is 12.1 Å². The van der Waals surface area contributed by atoms with Crippen molar-refractivity contribution in [2.24, 2.45) is 0 Å². The predicted molar refractivity (Wildman–Crippen MR) is 62.9 cm³/mol. The first-order valence-electron chi connectivity index (χ1n) is 5.02. The zero-order valence-corrected chi connectivity index (χ0v) is 10.3. The van der Waals surface area contributed by atoms with Crippen LogP contribution in [0.25, 0.3) is 0 Å². The monoisotopic (exact) mass is 256 g/mol. The summed E-state index contributed by atoms with van der Waals surface area (Å²) in [4.78, 5) is 1.76. The fourth-order valence-corrected chi connectivity index (χ4v) is 4.20. The normalized spacial score (nSPS) is 23.1. The van der Waals surface area contributed by atoms with E-state index in [0.29, 0.717) is 23.6 Å². The molecule has 1 aromatic heterocycles. The van der Waals surface area contributed by atoms with E-state index in [-0.39, 0.29) is 11.8 Å². The molecule has 1 unspecified atom stereocenters. The lowest BCUT2D eigenvalue weighted by Crippen LogP contribution is -2.29. The van der Waals surface area contributed by atoms with Crippen LogP contribution in [0, 0.1) is 11.3 Å². The van der Waals surface area contributed by atoms with Crippen molar-refractivity contribution >= 4 is 21.2 Å². The SMILES string of the molecule is N#Cc1ccc(CNC2CCS(=O)(=O)C2)s1. The van der Waals surface area contributed by atoms with Gasteiger partial charge in [-0.15, -0.1) is 11.3 Å². The topological polar surface area (TPSA) is 70.0 Å². The van der Waals surface area contributed by atoms with Crippen LogP contribution in [0.3, 0.4) is 0 Å². The molecule has 0 saturated carbocycles. The molecule has 0 radical (unpaired) electrons. The number of nitriles is 1. The maximum Gasteiger partial charge on any atom is 0.151 e. The van der Waals surface area contributed by atoms with Crippen LogP contribution in [0.4, 0.5) is 0 Å². The highest BCUT2D eigenvalue weighted by atomic mass is 32.2. The van der Waals surface area contributed by atoms with Crippen molar-refractivity contribution in [3.8, 4) is 6.07 Å². The van der Waals surface area contributed by atoms with E-state index in [4.69, 9.17) is 5.26 Å². The summed E-state index contributed by atoms with van der Waals surface area (Å²) in [5, 5.41) is 11.9. The quantitative estimate of drug-likeness (QED) is 0.872. The van der Waals surface area contributed by atoms with Crippen molar-refractivity contribution in [2.75, 3.05) is 11.5 Å². The van der Waals surface area contributed by atoms with E-state index in [1.165, 1.54) is 11.3 Å². The minimum absolute atomic E-state index is 0.0673. The Morgan fingerprint density at radius 2 is 2.38 bits per heavy atom. The lowest BCUT2D eigenvalue weighted by atomic mass is 10.2. The molecule has 1 aliphatic heterocycles. The van der Waals surface area contributed by atoms with Crippen molar-refractivity contribution in [3.63, 3.8) is 0 Å². The Labute approximate surface area is 98.8 Å². The molecular formula is C10H12N2O2S2. The summed E-state index contributed by atoms with van der Waals surface area (Å²) in [6.45, 7) is 0.645. The van der Waals surface area contributed by atoms with Gasteiger partial charge in [-0.05, 0) is 18.6 Å². The van der Waals surface area contributed by atoms with Crippen LogP contribution in [0.5, 0.6) is 0 Å². The van der Waals surface area contributed by atoms with Crippen molar-refractivity contribution < 1.29 is 8.42 Å². The van der Waals surface area contributed by atoms with Crippen molar-refractivity contribution in [1.29, 1.82) is 5.26 Å². The molecule has 4 nitrogen and oxygen atoms in total. The van der Waals surface area contributed by atoms with Gasteiger partial charge in [0.25, 0.3) is 0 Å². The molecule has 0 aromatic carbocycles. The number of thiophene rings is 1. The molecule has 2 rings (SSSR count). The third-order valence-electron chi connectivity index (χ3n) is 2.57. The molecule has 1 atom stereocenters. The second kappa shape index (κ2) is 4.53. The zero-order valence-electron chi connectivity index (χ0n) is 8.64. The second-order valence-electron chi connectivity index (χ2n) is 3.86. The first-order valence-corrected chi connectivity index (χ1v) is 7.65. The van der Waals surface area contributed by atoms with Gasteiger partial charge in [0, 0.05) is 17.5 Å². The van der Waals surface area contributed by atoms with Crippen LogP contribution in [0.1, 0.15) is 16.2 Å². The van der Waals surface area contributed by atoms with E-state index in [0.717, 1.165) is 4.88 Å². The predicted octanol–water partition coefficient (Wildman–Crippen LogP) is 0.896. The van der Waals surface area contributed by atoms with Crippen LogP contribution in [-0.2, 0) is 16.4 Å². The number of nitrogens with one attached hydrogen (secondary N) is 1. The van der Waals surface area contributed by atoms with Gasteiger partial charge in [0.05, 0.1) is 11.5 Å². The van der Waals surface area contributed by atoms with Crippen LogP contribution < -0.4 is 5.32 Å². The molecular weight excluding hydrogens is 244 g/mol. The Balaban J connectivity index is 1.87. The van der Waals surface area contributed by atoms with Crippen LogP contribution in [0.2, 0.25) is 0 Å². The Kier molecular flexibility index (Phi) is 3.28. The summed E-state index contributed by atoms with van der Waals surface area (Å²) in [5.41, 5.74) is 0. The lowest BCUT2D eigenvalue weighted by molar-refractivity contribution is 0.557.